The summed E-state index contributed by atoms with van der Waals surface area (Å²) in [6.07, 6.45) is 1.66. The number of hydrogen-bond donors (Lipinski definition) is 1. The lowest BCUT2D eigenvalue weighted by atomic mass is 9.77. The summed E-state index contributed by atoms with van der Waals surface area (Å²) in [4.78, 5) is 4.28. The zero-order chi connectivity index (χ0) is 14.6. The highest BCUT2D eigenvalue weighted by molar-refractivity contribution is 5.05. The van der Waals surface area contributed by atoms with Crippen molar-refractivity contribution in [2.75, 3.05) is 13.2 Å². The van der Waals surface area contributed by atoms with Gasteiger partial charge in [-0.3, -0.25) is 0 Å². The smallest absolute Gasteiger partial charge is 0.261 e. The van der Waals surface area contributed by atoms with Crippen LogP contribution >= 0.6 is 0 Å². The number of hydrogen-bond acceptors (Lipinski definition) is 5. The van der Waals surface area contributed by atoms with Crippen molar-refractivity contribution in [2.24, 2.45) is 11.7 Å². The largest absolute Gasteiger partial charge is 0.375 e. The van der Waals surface area contributed by atoms with Gasteiger partial charge in [0.05, 0.1) is 18.6 Å². The monoisotopic (exact) mass is 289 g/mol. The summed E-state index contributed by atoms with van der Waals surface area (Å²) in [6.45, 7) is 1.78. The van der Waals surface area contributed by atoms with Crippen LogP contribution in [0, 0.1) is 5.92 Å². The second kappa shape index (κ2) is 6.58. The average Bonchev–Trinajstić information content (AvgIpc) is 2.88. The summed E-state index contributed by atoms with van der Waals surface area (Å²) in [5.74, 6) is 1.59. The third kappa shape index (κ3) is 3.96. The Morgan fingerprint density at radius 3 is 2.80 bits per heavy atom. The second-order valence-electron chi connectivity index (χ2n) is 5.57. The van der Waals surface area contributed by atoms with Crippen LogP contribution in [0.25, 0.3) is 0 Å². The highest BCUT2D eigenvalue weighted by Crippen LogP contribution is 2.35. The lowest BCUT2D eigenvalue weighted by Gasteiger charge is -2.33. The van der Waals surface area contributed by atoms with Gasteiger partial charge in [0.25, 0.3) is 6.43 Å². The first-order valence-electron chi connectivity index (χ1n) is 6.97. The minimum atomic E-state index is -2.45. The van der Waals surface area contributed by atoms with Gasteiger partial charge < -0.3 is 15.0 Å². The van der Waals surface area contributed by atoms with Gasteiger partial charge in [0, 0.05) is 0 Å². The highest BCUT2D eigenvalue weighted by atomic mass is 19.3. The number of aromatic nitrogens is 2. The molecule has 0 unspecified atom stereocenters. The first-order valence-corrected chi connectivity index (χ1v) is 6.97. The van der Waals surface area contributed by atoms with Gasteiger partial charge in [-0.15, -0.1) is 0 Å². The molecule has 1 fully saturated rings. The van der Waals surface area contributed by atoms with Crippen molar-refractivity contribution in [3.8, 4) is 0 Å². The van der Waals surface area contributed by atoms with Gasteiger partial charge in [-0.05, 0) is 31.6 Å². The predicted molar refractivity (Wildman–Crippen MR) is 68.3 cm³/mol. The molecule has 1 saturated carbocycles. The maximum atomic E-state index is 11.9. The first kappa shape index (κ1) is 15.3. The quantitative estimate of drug-likeness (QED) is 0.813. The molecule has 2 rings (SSSR count). The molecule has 0 aliphatic heterocycles. The summed E-state index contributed by atoms with van der Waals surface area (Å²) in [5.41, 5.74) is 5.82. The SMILES string of the molecule is CC1CCC(N)(c2noc(CCOCC(F)F)n2)CC1. The fourth-order valence-corrected chi connectivity index (χ4v) is 2.39. The molecule has 7 heteroatoms. The van der Waals surface area contributed by atoms with Gasteiger partial charge in [0.2, 0.25) is 5.89 Å². The molecule has 20 heavy (non-hydrogen) atoms. The minimum absolute atomic E-state index is 0.139. The lowest BCUT2D eigenvalue weighted by Crippen LogP contribution is -2.41. The van der Waals surface area contributed by atoms with Crippen molar-refractivity contribution in [3.63, 3.8) is 0 Å². The Labute approximate surface area is 116 Å². The molecule has 0 saturated heterocycles. The van der Waals surface area contributed by atoms with E-state index in [2.05, 4.69) is 17.1 Å². The van der Waals surface area contributed by atoms with E-state index in [0.29, 0.717) is 24.1 Å². The predicted octanol–water partition coefficient (Wildman–Crippen LogP) is 2.26. The maximum absolute atomic E-state index is 11.9. The van der Waals surface area contributed by atoms with Crippen LogP contribution in [0.15, 0.2) is 4.52 Å². The summed E-state index contributed by atoms with van der Waals surface area (Å²) in [6, 6.07) is 0. The van der Waals surface area contributed by atoms with Crippen LogP contribution in [-0.2, 0) is 16.7 Å². The van der Waals surface area contributed by atoms with E-state index in [1.54, 1.807) is 0 Å². The van der Waals surface area contributed by atoms with E-state index in [-0.39, 0.29) is 6.61 Å². The van der Waals surface area contributed by atoms with Crippen molar-refractivity contribution >= 4 is 0 Å². The van der Waals surface area contributed by atoms with Crippen LogP contribution in [-0.4, -0.2) is 29.8 Å². The molecule has 2 N–H and O–H groups in total. The standard InChI is InChI=1S/C13H21F2N3O2/c1-9-2-5-13(16,6-3-9)12-17-11(20-18-12)4-7-19-8-10(14)15/h9-10H,2-8,16H2,1H3. The van der Waals surface area contributed by atoms with Gasteiger partial charge in [-0.25, -0.2) is 8.78 Å². The van der Waals surface area contributed by atoms with Gasteiger partial charge in [-0.2, -0.15) is 4.98 Å². The van der Waals surface area contributed by atoms with Crippen LogP contribution in [0.4, 0.5) is 8.78 Å². The number of nitrogens with two attached hydrogens (primary N) is 1. The molecule has 1 heterocycles. The fourth-order valence-electron chi connectivity index (χ4n) is 2.39. The molecule has 1 aromatic heterocycles. The highest BCUT2D eigenvalue weighted by Gasteiger charge is 2.36. The van der Waals surface area contributed by atoms with E-state index >= 15 is 0 Å². The Morgan fingerprint density at radius 2 is 2.15 bits per heavy atom. The Bertz CT molecular complexity index is 418. The topological polar surface area (TPSA) is 74.2 Å². The van der Waals surface area contributed by atoms with Gasteiger partial charge in [0.15, 0.2) is 5.82 Å². The third-order valence-corrected chi connectivity index (χ3v) is 3.78. The Balaban J connectivity index is 1.85. The maximum Gasteiger partial charge on any atom is 0.261 e. The molecule has 114 valence electrons. The Hall–Kier alpha value is -1.08. The van der Waals surface area contributed by atoms with E-state index in [9.17, 15) is 8.78 Å². The molecule has 1 aliphatic rings. The van der Waals surface area contributed by atoms with Crippen molar-refractivity contribution in [2.45, 2.75) is 51.0 Å². The van der Waals surface area contributed by atoms with Crippen LogP contribution in [0.5, 0.6) is 0 Å². The molecule has 0 amide bonds. The molecule has 0 atom stereocenters. The van der Waals surface area contributed by atoms with Crippen molar-refractivity contribution in [1.82, 2.24) is 10.1 Å². The summed E-state index contributed by atoms with van der Waals surface area (Å²) in [5, 5.41) is 3.94. The van der Waals surface area contributed by atoms with E-state index in [4.69, 9.17) is 15.0 Å². The summed E-state index contributed by atoms with van der Waals surface area (Å²) < 4.78 is 33.7. The van der Waals surface area contributed by atoms with Crippen molar-refractivity contribution < 1.29 is 18.0 Å². The van der Waals surface area contributed by atoms with E-state index in [0.717, 1.165) is 25.7 Å². The van der Waals surface area contributed by atoms with Crippen LogP contribution in [0.3, 0.4) is 0 Å². The number of halogens is 2. The van der Waals surface area contributed by atoms with Crippen molar-refractivity contribution in [3.05, 3.63) is 11.7 Å². The minimum Gasteiger partial charge on any atom is -0.375 e. The third-order valence-electron chi connectivity index (χ3n) is 3.78. The van der Waals surface area contributed by atoms with E-state index < -0.39 is 18.6 Å². The first-order chi connectivity index (χ1) is 9.49. The lowest BCUT2D eigenvalue weighted by molar-refractivity contribution is 0.0171. The second-order valence-corrected chi connectivity index (χ2v) is 5.57. The van der Waals surface area contributed by atoms with Crippen LogP contribution < -0.4 is 5.73 Å². The zero-order valence-corrected chi connectivity index (χ0v) is 11.6. The zero-order valence-electron chi connectivity index (χ0n) is 11.6. The summed E-state index contributed by atoms with van der Waals surface area (Å²) >= 11 is 0. The normalized spacial score (nSPS) is 27.1. The fraction of sp³-hybridized carbons (Fsp3) is 0.846. The molecule has 0 aromatic carbocycles. The molecule has 5 nitrogen and oxygen atoms in total. The van der Waals surface area contributed by atoms with E-state index in [1.807, 2.05) is 0 Å². The van der Waals surface area contributed by atoms with Crippen molar-refractivity contribution in [1.29, 1.82) is 0 Å². The van der Waals surface area contributed by atoms with Crippen LogP contribution in [0.1, 0.15) is 44.3 Å². The molecule has 0 spiro atoms. The van der Waals surface area contributed by atoms with Gasteiger partial charge in [-0.1, -0.05) is 12.1 Å². The van der Waals surface area contributed by atoms with Crippen LogP contribution in [0.2, 0.25) is 0 Å². The molecular formula is C13H21F2N3O2. The number of alkyl halides is 2. The Kier molecular flexibility index (Phi) is 5.04. The molecule has 1 aromatic rings. The number of ether oxygens (including phenoxy) is 1. The van der Waals surface area contributed by atoms with E-state index in [1.165, 1.54) is 0 Å². The average molecular weight is 289 g/mol. The Morgan fingerprint density at radius 1 is 1.45 bits per heavy atom. The van der Waals surface area contributed by atoms with Gasteiger partial charge in [0.1, 0.15) is 6.61 Å². The number of nitrogens with zero attached hydrogens (tertiary/aromatic N) is 2. The summed E-state index contributed by atoms with van der Waals surface area (Å²) in [7, 11) is 0. The molecule has 0 radical (unpaired) electrons. The van der Waals surface area contributed by atoms with Gasteiger partial charge >= 0.3 is 0 Å². The molecular weight excluding hydrogens is 268 g/mol. The molecule has 1 aliphatic carbocycles. The number of rotatable bonds is 6. The molecule has 0 bridgehead atoms.